The molecule has 3 aromatic carbocycles. The first-order chi connectivity index (χ1) is 14.2. The summed E-state index contributed by atoms with van der Waals surface area (Å²) >= 11 is 6.74. The fourth-order valence-electron chi connectivity index (χ4n) is 2.90. The Balaban J connectivity index is 1.83. The Morgan fingerprint density at radius 1 is 1.00 bits per heavy atom. The Labute approximate surface area is 189 Å². The van der Waals surface area contributed by atoms with Gasteiger partial charge in [0, 0.05) is 8.95 Å². The van der Waals surface area contributed by atoms with Crippen LogP contribution in [0.3, 0.4) is 0 Å². The molecule has 0 saturated heterocycles. The summed E-state index contributed by atoms with van der Waals surface area (Å²) in [5, 5.41) is 0.303. The van der Waals surface area contributed by atoms with Crippen molar-refractivity contribution in [2.75, 3.05) is 4.72 Å². The van der Waals surface area contributed by atoms with Crippen molar-refractivity contribution >= 4 is 58.5 Å². The molecule has 0 spiro atoms. The van der Waals surface area contributed by atoms with E-state index in [1.807, 2.05) is 6.92 Å². The zero-order valence-corrected chi connectivity index (χ0v) is 19.5. The highest BCUT2D eigenvalue weighted by molar-refractivity contribution is 9.11. The lowest BCUT2D eigenvalue weighted by Gasteiger charge is -2.12. The van der Waals surface area contributed by atoms with Gasteiger partial charge in [-0.25, -0.2) is 18.2 Å². The second-order valence-electron chi connectivity index (χ2n) is 6.55. The number of anilines is 1. The fourth-order valence-corrected chi connectivity index (χ4v) is 5.29. The van der Waals surface area contributed by atoms with E-state index in [1.165, 1.54) is 12.1 Å². The summed E-state index contributed by atoms with van der Waals surface area (Å²) in [6, 6.07) is 16.5. The Hall–Kier alpha value is -2.49. The molecule has 1 N–H and O–H groups in total. The monoisotopic (exact) mass is 548 g/mol. The van der Waals surface area contributed by atoms with Crippen LogP contribution in [0.25, 0.3) is 22.4 Å². The number of aromatic nitrogens is 1. The molecule has 0 fully saturated rings. The summed E-state index contributed by atoms with van der Waals surface area (Å²) < 4.78 is 35.0. The third-order valence-corrected chi connectivity index (χ3v) is 6.83. The molecule has 0 atom stereocenters. The van der Waals surface area contributed by atoms with Crippen molar-refractivity contribution in [2.24, 2.45) is 0 Å². The highest BCUT2D eigenvalue weighted by atomic mass is 79.9. The third-order valence-electron chi connectivity index (χ3n) is 4.38. The quantitative estimate of drug-likeness (QED) is 0.363. The second-order valence-corrected chi connectivity index (χ2v) is 10.0. The molecule has 4 rings (SSSR count). The molecule has 0 aliphatic rings. The molecule has 0 radical (unpaired) electrons. The van der Waals surface area contributed by atoms with Gasteiger partial charge in [-0.15, -0.1) is 0 Å². The van der Waals surface area contributed by atoms with Crippen molar-refractivity contribution in [1.29, 1.82) is 0 Å². The summed E-state index contributed by atoms with van der Waals surface area (Å²) in [5.74, 6) is 0.0118. The highest BCUT2D eigenvalue weighted by Crippen LogP contribution is 2.31. The van der Waals surface area contributed by atoms with Crippen LogP contribution in [0.5, 0.6) is 0 Å². The van der Waals surface area contributed by atoms with Crippen LogP contribution in [0.2, 0.25) is 0 Å². The van der Waals surface area contributed by atoms with Gasteiger partial charge in [0.2, 0.25) is 5.89 Å². The summed E-state index contributed by atoms with van der Waals surface area (Å²) in [5.41, 5.74) is 1.39. The minimum absolute atomic E-state index is 0.0118. The molecule has 0 amide bonds. The number of para-hydroxylation sites is 1. The number of sulfonamides is 1. The maximum absolute atomic E-state index is 12.8. The largest absolute Gasteiger partial charge is 0.403 e. The van der Waals surface area contributed by atoms with Gasteiger partial charge in [0.25, 0.3) is 10.0 Å². The van der Waals surface area contributed by atoms with Crippen molar-refractivity contribution in [2.45, 2.75) is 11.8 Å². The minimum Gasteiger partial charge on any atom is -0.403 e. The van der Waals surface area contributed by atoms with Gasteiger partial charge in [-0.3, -0.25) is 4.72 Å². The van der Waals surface area contributed by atoms with Gasteiger partial charge in [0.1, 0.15) is 0 Å². The summed E-state index contributed by atoms with van der Waals surface area (Å²) in [6.07, 6.45) is 0. The van der Waals surface area contributed by atoms with E-state index in [1.54, 1.807) is 48.5 Å². The number of halogens is 2. The smallest absolute Gasteiger partial charge is 0.347 e. The fraction of sp³-hybridized carbons (Fsp3) is 0.0476. The minimum atomic E-state index is -3.84. The van der Waals surface area contributed by atoms with Crippen LogP contribution in [0.1, 0.15) is 5.56 Å². The van der Waals surface area contributed by atoms with Crippen molar-refractivity contribution in [3.63, 3.8) is 0 Å². The first-order valence-electron chi connectivity index (χ1n) is 8.73. The zero-order valence-electron chi connectivity index (χ0n) is 15.5. The van der Waals surface area contributed by atoms with E-state index < -0.39 is 15.6 Å². The van der Waals surface area contributed by atoms with Gasteiger partial charge in [-0.1, -0.05) is 45.8 Å². The van der Waals surface area contributed by atoms with E-state index in [2.05, 4.69) is 41.6 Å². The Morgan fingerprint density at radius 2 is 1.70 bits per heavy atom. The lowest BCUT2D eigenvalue weighted by molar-refractivity contribution is 0.518. The number of fused-ring (bicyclic) bond motifs is 1. The number of nitrogens with zero attached hydrogens (tertiary/aromatic N) is 1. The summed E-state index contributed by atoms with van der Waals surface area (Å²) in [6.45, 7) is 1.88. The normalized spacial score (nSPS) is 11.6. The van der Waals surface area contributed by atoms with Crippen molar-refractivity contribution in [3.05, 3.63) is 85.6 Å². The van der Waals surface area contributed by atoms with Gasteiger partial charge >= 0.3 is 5.63 Å². The first-order valence-corrected chi connectivity index (χ1v) is 11.8. The molecule has 0 bridgehead atoms. The Kier molecular flexibility index (Phi) is 5.52. The third kappa shape index (κ3) is 4.05. The molecular weight excluding hydrogens is 536 g/mol. The molecule has 0 saturated carbocycles. The van der Waals surface area contributed by atoms with Crippen molar-refractivity contribution < 1.29 is 12.8 Å². The van der Waals surface area contributed by atoms with Crippen LogP contribution in [0.15, 0.2) is 83.7 Å². The molecular formula is C21H14Br2N2O4S. The van der Waals surface area contributed by atoms with Crippen molar-refractivity contribution in [3.8, 4) is 11.5 Å². The average molecular weight is 550 g/mol. The number of hydrogen-bond acceptors (Lipinski definition) is 5. The van der Waals surface area contributed by atoms with E-state index in [9.17, 15) is 13.2 Å². The molecule has 30 heavy (non-hydrogen) atoms. The van der Waals surface area contributed by atoms with Crippen LogP contribution < -0.4 is 10.3 Å². The molecule has 4 aromatic rings. The predicted octanol–water partition coefficient (Wildman–Crippen LogP) is 5.49. The van der Waals surface area contributed by atoms with E-state index >= 15 is 0 Å². The maximum Gasteiger partial charge on any atom is 0.347 e. The second kappa shape index (κ2) is 7.98. The van der Waals surface area contributed by atoms with Crippen LogP contribution in [-0.2, 0) is 10.0 Å². The Bertz CT molecular complexity index is 1430. The molecule has 9 heteroatoms. The summed E-state index contributed by atoms with van der Waals surface area (Å²) in [7, 11) is -3.84. The number of hydrogen-bond donors (Lipinski definition) is 1. The van der Waals surface area contributed by atoms with E-state index in [0.717, 1.165) is 5.56 Å². The van der Waals surface area contributed by atoms with Gasteiger partial charge in [-0.05, 0) is 59.3 Å². The van der Waals surface area contributed by atoms with E-state index in [-0.39, 0.29) is 16.5 Å². The van der Waals surface area contributed by atoms with Crippen LogP contribution >= 0.6 is 31.9 Å². The first kappa shape index (κ1) is 20.8. The topological polar surface area (TPSA) is 89.3 Å². The van der Waals surface area contributed by atoms with Crippen LogP contribution in [0, 0.1) is 6.92 Å². The maximum atomic E-state index is 12.8. The predicted molar refractivity (Wildman–Crippen MR) is 123 cm³/mol. The van der Waals surface area contributed by atoms with Gasteiger partial charge in [0.15, 0.2) is 0 Å². The lowest BCUT2D eigenvalue weighted by atomic mass is 10.1. The van der Waals surface area contributed by atoms with Gasteiger partial charge in [-0.2, -0.15) is 0 Å². The van der Waals surface area contributed by atoms with Gasteiger partial charge < -0.3 is 4.42 Å². The van der Waals surface area contributed by atoms with E-state index in [4.69, 9.17) is 4.42 Å². The van der Waals surface area contributed by atoms with Crippen molar-refractivity contribution in [1.82, 2.24) is 4.98 Å². The zero-order chi connectivity index (χ0) is 21.5. The molecule has 0 unspecified atom stereocenters. The molecule has 1 aromatic heterocycles. The molecule has 0 aliphatic heterocycles. The molecule has 152 valence electrons. The number of nitrogens with one attached hydrogen (secondary N) is 1. The van der Waals surface area contributed by atoms with Crippen LogP contribution in [0.4, 0.5) is 5.69 Å². The Morgan fingerprint density at radius 3 is 2.43 bits per heavy atom. The molecule has 0 aliphatic carbocycles. The van der Waals surface area contributed by atoms with Crippen LogP contribution in [-0.4, -0.2) is 13.4 Å². The van der Waals surface area contributed by atoms with Gasteiger partial charge in [0.05, 0.1) is 27.0 Å². The number of rotatable bonds is 4. The molecule has 6 nitrogen and oxygen atoms in total. The standard InChI is InChI=1S/C21H14Br2N2O4S/c1-12-6-8-14(9-7-12)30(27,28)25-18-5-3-2-4-15(18)20-24-19-16(21(26)29-20)10-13(22)11-17(19)23/h2-11,25H,1H3. The molecule has 1 heterocycles. The average Bonchev–Trinajstić information content (AvgIpc) is 2.69. The summed E-state index contributed by atoms with van der Waals surface area (Å²) in [4.78, 5) is 17.1. The number of aryl methyl sites for hydroxylation is 1. The lowest BCUT2D eigenvalue weighted by Crippen LogP contribution is -2.14. The SMILES string of the molecule is Cc1ccc(S(=O)(=O)Nc2ccccc2-c2nc3c(Br)cc(Br)cc3c(=O)o2)cc1. The highest BCUT2D eigenvalue weighted by Gasteiger charge is 2.19. The van der Waals surface area contributed by atoms with E-state index in [0.29, 0.717) is 25.4 Å². The number of benzene rings is 3.